The number of benzene rings is 1. The molecular weight excluding hydrogens is 340 g/mol. The van der Waals surface area contributed by atoms with E-state index in [1.54, 1.807) is 6.07 Å². The van der Waals surface area contributed by atoms with E-state index in [-0.39, 0.29) is 34.4 Å². The zero-order valence-electron chi connectivity index (χ0n) is 14.3. The molecule has 1 heterocycles. The van der Waals surface area contributed by atoms with Crippen molar-refractivity contribution < 1.29 is 29.0 Å². The van der Waals surface area contributed by atoms with E-state index < -0.39 is 35.4 Å². The Labute approximate surface area is 149 Å². The van der Waals surface area contributed by atoms with E-state index in [1.807, 2.05) is 0 Å². The van der Waals surface area contributed by atoms with Crippen LogP contribution in [0.1, 0.15) is 40.1 Å². The molecule has 0 bridgehead atoms. The van der Waals surface area contributed by atoms with Gasteiger partial charge in [0.25, 0.3) is 0 Å². The van der Waals surface area contributed by atoms with Gasteiger partial charge in [-0.25, -0.2) is 0 Å². The molecule has 0 saturated carbocycles. The minimum Gasteiger partial charge on any atom is -0.506 e. The van der Waals surface area contributed by atoms with Crippen molar-refractivity contribution in [1.29, 1.82) is 0 Å². The highest BCUT2D eigenvalue weighted by Gasteiger charge is 2.29. The summed E-state index contributed by atoms with van der Waals surface area (Å²) in [5, 5.41) is 19.7. The van der Waals surface area contributed by atoms with Gasteiger partial charge in [-0.2, -0.15) is 0 Å². The molecule has 0 aliphatic carbocycles. The van der Waals surface area contributed by atoms with Crippen LogP contribution in [0.25, 0.3) is 11.3 Å². The SMILES string of the molecule is CC(=O)c1c(CC(N)C(=O)O)[c]c(-c2ccco2)c(O)c1C(=O)C(C)N. The van der Waals surface area contributed by atoms with Crippen LogP contribution in [-0.4, -0.2) is 39.8 Å². The maximum Gasteiger partial charge on any atom is 0.320 e. The number of aromatic hydroxyl groups is 1. The molecule has 0 fully saturated rings. The van der Waals surface area contributed by atoms with Crippen LogP contribution in [0.4, 0.5) is 0 Å². The van der Waals surface area contributed by atoms with Crippen LogP contribution in [0, 0.1) is 6.07 Å². The first-order valence-corrected chi connectivity index (χ1v) is 7.79. The number of carboxylic acids is 1. The molecule has 0 amide bonds. The van der Waals surface area contributed by atoms with Gasteiger partial charge in [0.1, 0.15) is 17.6 Å². The van der Waals surface area contributed by atoms with E-state index in [9.17, 15) is 19.5 Å². The van der Waals surface area contributed by atoms with E-state index in [0.717, 1.165) is 0 Å². The Morgan fingerprint density at radius 2 is 1.92 bits per heavy atom. The van der Waals surface area contributed by atoms with Crippen LogP contribution in [0.15, 0.2) is 22.8 Å². The van der Waals surface area contributed by atoms with Crippen LogP contribution in [0.5, 0.6) is 5.75 Å². The van der Waals surface area contributed by atoms with Gasteiger partial charge in [0, 0.05) is 11.6 Å². The molecular formula is C18H19N2O6. The number of rotatable bonds is 7. The molecule has 1 radical (unpaired) electrons. The van der Waals surface area contributed by atoms with Gasteiger partial charge in [0.05, 0.1) is 23.4 Å². The summed E-state index contributed by atoms with van der Waals surface area (Å²) in [5.74, 6) is -2.79. The molecule has 2 rings (SSSR count). The van der Waals surface area contributed by atoms with Gasteiger partial charge in [-0.1, -0.05) is 0 Å². The highest BCUT2D eigenvalue weighted by atomic mass is 16.4. The Morgan fingerprint density at radius 1 is 1.27 bits per heavy atom. The third-order valence-electron chi connectivity index (χ3n) is 3.82. The standard InChI is InChI=1S/C18H19N2O6/c1-8(19)16(22)15-14(9(2)21)10(7-12(20)18(24)25)6-11(17(15)23)13-4-3-5-26-13/h3-5,8,12,23H,7,19-20H2,1-2H3,(H,24,25). The fourth-order valence-corrected chi connectivity index (χ4v) is 2.58. The number of nitrogens with two attached hydrogens (primary N) is 2. The van der Waals surface area contributed by atoms with Gasteiger partial charge in [0.2, 0.25) is 0 Å². The smallest absolute Gasteiger partial charge is 0.320 e. The third kappa shape index (κ3) is 3.66. The number of carbonyl (C=O) groups excluding carboxylic acids is 2. The van der Waals surface area contributed by atoms with Gasteiger partial charge in [0.15, 0.2) is 11.6 Å². The maximum atomic E-state index is 12.6. The number of phenols is 1. The molecule has 26 heavy (non-hydrogen) atoms. The lowest BCUT2D eigenvalue weighted by Gasteiger charge is -2.18. The number of furan rings is 1. The van der Waals surface area contributed by atoms with Crippen molar-refractivity contribution in [3.63, 3.8) is 0 Å². The lowest BCUT2D eigenvalue weighted by atomic mass is 9.87. The van der Waals surface area contributed by atoms with Crippen molar-refractivity contribution in [1.82, 2.24) is 0 Å². The van der Waals surface area contributed by atoms with Crippen LogP contribution >= 0.6 is 0 Å². The molecule has 2 atom stereocenters. The van der Waals surface area contributed by atoms with Gasteiger partial charge in [-0.3, -0.25) is 14.4 Å². The minimum absolute atomic E-state index is 0.0246. The maximum absolute atomic E-state index is 12.6. The number of ketones is 2. The van der Waals surface area contributed by atoms with E-state index in [4.69, 9.17) is 21.0 Å². The molecule has 1 aromatic heterocycles. The molecule has 137 valence electrons. The predicted molar refractivity (Wildman–Crippen MR) is 91.9 cm³/mol. The highest BCUT2D eigenvalue weighted by Crippen LogP contribution is 2.37. The molecule has 6 N–H and O–H groups in total. The van der Waals surface area contributed by atoms with Crippen LogP contribution in [-0.2, 0) is 11.2 Å². The quantitative estimate of drug-likeness (QED) is 0.536. The number of hydrogen-bond donors (Lipinski definition) is 4. The Kier molecular flexibility index (Phi) is 5.59. The first kappa shape index (κ1) is 19.4. The number of hydrogen-bond acceptors (Lipinski definition) is 7. The molecule has 0 aliphatic rings. The molecule has 8 heteroatoms. The molecule has 1 aromatic carbocycles. The second-order valence-corrected chi connectivity index (χ2v) is 5.91. The second-order valence-electron chi connectivity index (χ2n) is 5.91. The molecule has 0 aliphatic heterocycles. The average Bonchev–Trinajstić information content (AvgIpc) is 3.08. The molecule has 0 saturated heterocycles. The van der Waals surface area contributed by atoms with Crippen molar-refractivity contribution >= 4 is 17.5 Å². The Bertz CT molecular complexity index is 855. The topological polar surface area (TPSA) is 157 Å². The molecule has 0 spiro atoms. The number of Topliss-reactive ketones (excluding diaryl/α,β-unsaturated/α-hetero) is 2. The zero-order chi connectivity index (χ0) is 19.6. The normalized spacial score (nSPS) is 13.2. The summed E-state index contributed by atoms with van der Waals surface area (Å²) in [5.41, 5.74) is 10.9. The third-order valence-corrected chi connectivity index (χ3v) is 3.82. The van der Waals surface area contributed by atoms with E-state index >= 15 is 0 Å². The van der Waals surface area contributed by atoms with Crippen molar-refractivity contribution in [3.8, 4) is 17.1 Å². The average molecular weight is 359 g/mol. The summed E-state index contributed by atoms with van der Waals surface area (Å²) >= 11 is 0. The van der Waals surface area contributed by atoms with Gasteiger partial charge >= 0.3 is 5.97 Å². The summed E-state index contributed by atoms with van der Waals surface area (Å²) in [6, 6.07) is 3.56. The van der Waals surface area contributed by atoms with E-state index in [0.29, 0.717) is 0 Å². The lowest BCUT2D eigenvalue weighted by Crippen LogP contribution is -2.34. The minimum atomic E-state index is -1.32. The number of aliphatic carboxylic acids is 1. The lowest BCUT2D eigenvalue weighted by molar-refractivity contribution is -0.138. The van der Waals surface area contributed by atoms with Crippen LogP contribution < -0.4 is 11.5 Å². The highest BCUT2D eigenvalue weighted by molar-refractivity contribution is 6.13. The largest absolute Gasteiger partial charge is 0.506 e. The van der Waals surface area contributed by atoms with Crippen molar-refractivity contribution in [2.24, 2.45) is 11.5 Å². The van der Waals surface area contributed by atoms with E-state index in [2.05, 4.69) is 6.07 Å². The fourth-order valence-electron chi connectivity index (χ4n) is 2.58. The number of carboxylic acid groups (broad SMARTS) is 1. The van der Waals surface area contributed by atoms with Crippen molar-refractivity contribution in [3.05, 3.63) is 41.2 Å². The summed E-state index contributed by atoms with van der Waals surface area (Å²) < 4.78 is 5.24. The zero-order valence-corrected chi connectivity index (χ0v) is 14.3. The molecule has 2 unspecified atom stereocenters. The summed E-state index contributed by atoms with van der Waals surface area (Å²) in [6.45, 7) is 2.61. The summed E-state index contributed by atoms with van der Waals surface area (Å²) in [7, 11) is 0. The Morgan fingerprint density at radius 3 is 2.38 bits per heavy atom. The Balaban J connectivity index is 2.82. The van der Waals surface area contributed by atoms with Crippen LogP contribution in [0.3, 0.4) is 0 Å². The van der Waals surface area contributed by atoms with Crippen molar-refractivity contribution in [2.75, 3.05) is 0 Å². The monoisotopic (exact) mass is 359 g/mol. The fraction of sp³-hybridized carbons (Fsp3) is 0.278. The summed E-state index contributed by atoms with van der Waals surface area (Å²) in [6.07, 6.45) is 1.09. The number of carbonyl (C=O) groups is 3. The first-order chi connectivity index (χ1) is 12.1. The van der Waals surface area contributed by atoms with Crippen molar-refractivity contribution in [2.45, 2.75) is 32.4 Å². The molecule has 8 nitrogen and oxygen atoms in total. The van der Waals surface area contributed by atoms with Gasteiger partial charge in [-0.15, -0.1) is 0 Å². The second kappa shape index (κ2) is 7.51. The molecule has 2 aromatic rings. The van der Waals surface area contributed by atoms with Crippen LogP contribution in [0.2, 0.25) is 0 Å². The Hall–Kier alpha value is -2.97. The summed E-state index contributed by atoms with van der Waals surface area (Å²) in [4.78, 5) is 35.8. The predicted octanol–water partition coefficient (Wildman–Crippen LogP) is 1.14. The van der Waals surface area contributed by atoms with Gasteiger partial charge in [-0.05, 0) is 38.0 Å². The van der Waals surface area contributed by atoms with Gasteiger partial charge < -0.3 is 26.1 Å². The first-order valence-electron chi connectivity index (χ1n) is 7.79. The van der Waals surface area contributed by atoms with E-state index in [1.165, 1.54) is 26.2 Å². The number of phenolic OH excluding ortho intramolecular Hbond substituents is 1.